The molecule has 0 nitrogen and oxygen atoms in total. The van der Waals surface area contributed by atoms with E-state index in [1.807, 2.05) is 0 Å². The van der Waals surface area contributed by atoms with Gasteiger partial charge in [0.25, 0.3) is 0 Å². The molecule has 0 aliphatic rings. The molecule has 0 amide bonds. The Balaban J connectivity index is 4.45. The highest BCUT2D eigenvalue weighted by Crippen LogP contribution is 2.40. The van der Waals surface area contributed by atoms with Gasteiger partial charge in [0.2, 0.25) is 0 Å². The molecule has 0 aliphatic carbocycles. The molecule has 21 heavy (non-hydrogen) atoms. The summed E-state index contributed by atoms with van der Waals surface area (Å²) in [5, 5.41) is 1.03. The highest BCUT2D eigenvalue weighted by molar-refractivity contribution is 8.05. The molecular formula is C16H34S5. The van der Waals surface area contributed by atoms with Gasteiger partial charge in [-0.05, 0) is 12.8 Å². The molecule has 0 saturated carbocycles. The predicted molar refractivity (Wildman–Crippen MR) is 117 cm³/mol. The topological polar surface area (TPSA) is 0 Å². The maximum atomic E-state index is 4.68. The summed E-state index contributed by atoms with van der Waals surface area (Å²) in [6.45, 7) is 15.9. The molecule has 0 saturated heterocycles. The Morgan fingerprint density at radius 1 is 1.00 bits per heavy atom. The number of rotatable bonds is 10. The third kappa shape index (κ3) is 12.8. The summed E-state index contributed by atoms with van der Waals surface area (Å²) in [6, 6.07) is 0. The van der Waals surface area contributed by atoms with Crippen molar-refractivity contribution in [2.24, 2.45) is 0 Å². The van der Waals surface area contributed by atoms with Crippen LogP contribution in [0.4, 0.5) is 0 Å². The fraction of sp³-hybridized carbons (Fsp3) is 1.00. The Labute approximate surface area is 158 Å². The van der Waals surface area contributed by atoms with Gasteiger partial charge < -0.3 is 0 Å². The van der Waals surface area contributed by atoms with Gasteiger partial charge in [-0.15, -0.1) is 0 Å². The van der Waals surface area contributed by atoms with Crippen LogP contribution >= 0.6 is 61.4 Å². The number of hydrogen-bond acceptors (Lipinski definition) is 5. The van der Waals surface area contributed by atoms with E-state index >= 15 is 0 Å². The van der Waals surface area contributed by atoms with Crippen molar-refractivity contribution in [1.29, 1.82) is 0 Å². The van der Waals surface area contributed by atoms with Crippen molar-refractivity contribution >= 4 is 61.4 Å². The number of hydrogen-bond donors (Lipinski definition) is 3. The average molecular weight is 387 g/mol. The van der Waals surface area contributed by atoms with Crippen molar-refractivity contribution in [2.45, 2.75) is 86.0 Å². The fourth-order valence-corrected chi connectivity index (χ4v) is 7.37. The van der Waals surface area contributed by atoms with Crippen molar-refractivity contribution in [3.05, 3.63) is 0 Å². The van der Waals surface area contributed by atoms with Gasteiger partial charge in [0.1, 0.15) is 0 Å². The van der Waals surface area contributed by atoms with Crippen molar-refractivity contribution in [3.8, 4) is 0 Å². The lowest BCUT2D eigenvalue weighted by Gasteiger charge is -2.34. The Morgan fingerprint density at radius 2 is 1.52 bits per heavy atom. The molecule has 0 fully saturated rings. The molecule has 0 aliphatic heterocycles. The summed E-state index contributed by atoms with van der Waals surface area (Å²) in [4.78, 5) is 0. The third-order valence-corrected chi connectivity index (χ3v) is 7.20. The molecular weight excluding hydrogens is 353 g/mol. The van der Waals surface area contributed by atoms with Crippen LogP contribution in [0.15, 0.2) is 0 Å². The molecule has 0 aromatic carbocycles. The first-order valence-corrected chi connectivity index (χ1v) is 11.1. The van der Waals surface area contributed by atoms with Gasteiger partial charge in [0, 0.05) is 36.2 Å². The van der Waals surface area contributed by atoms with Gasteiger partial charge in [-0.25, -0.2) is 0 Å². The first-order chi connectivity index (χ1) is 9.26. The minimum atomic E-state index is 0.0842. The van der Waals surface area contributed by atoms with E-state index in [0.29, 0.717) is 10.5 Å². The van der Waals surface area contributed by atoms with Crippen LogP contribution in [-0.2, 0) is 0 Å². The molecule has 2 atom stereocenters. The van der Waals surface area contributed by atoms with Crippen molar-refractivity contribution in [2.75, 3.05) is 11.5 Å². The molecule has 2 unspecified atom stereocenters. The van der Waals surface area contributed by atoms with E-state index in [9.17, 15) is 0 Å². The van der Waals surface area contributed by atoms with E-state index < -0.39 is 0 Å². The summed E-state index contributed by atoms with van der Waals surface area (Å²) in [5.41, 5.74) is 0. The van der Waals surface area contributed by atoms with Gasteiger partial charge in [0.05, 0.1) is 0 Å². The molecule has 0 bridgehead atoms. The molecule has 128 valence electrons. The maximum Gasteiger partial charge on any atom is 0.0231 e. The SMILES string of the molecule is CC(S)CC(C)(C)SC(CS)CSC(C)(C)CC(C)(C)S. The zero-order valence-corrected chi connectivity index (χ0v) is 19.0. The molecule has 5 heteroatoms. The lowest BCUT2D eigenvalue weighted by Crippen LogP contribution is -2.30. The second-order valence-corrected chi connectivity index (χ2v) is 14.0. The summed E-state index contributed by atoms with van der Waals surface area (Å²) in [7, 11) is 0. The minimum absolute atomic E-state index is 0.0842. The second kappa shape index (κ2) is 9.29. The highest BCUT2D eigenvalue weighted by atomic mass is 32.2. The van der Waals surface area contributed by atoms with E-state index in [0.717, 1.165) is 24.3 Å². The summed E-state index contributed by atoms with van der Waals surface area (Å²) >= 11 is 17.9. The average Bonchev–Trinajstić information content (AvgIpc) is 2.18. The van der Waals surface area contributed by atoms with Crippen molar-refractivity contribution in [3.63, 3.8) is 0 Å². The first kappa shape index (κ1) is 22.8. The summed E-state index contributed by atoms with van der Waals surface area (Å²) in [5.74, 6) is 2.08. The maximum absolute atomic E-state index is 4.68. The molecule has 0 aromatic rings. The first-order valence-electron chi connectivity index (χ1n) is 7.59. The van der Waals surface area contributed by atoms with Crippen LogP contribution in [0.3, 0.4) is 0 Å². The van der Waals surface area contributed by atoms with Gasteiger partial charge >= 0.3 is 0 Å². The van der Waals surface area contributed by atoms with Crippen LogP contribution in [0, 0.1) is 0 Å². The van der Waals surface area contributed by atoms with Crippen LogP contribution in [0.5, 0.6) is 0 Å². The normalized spacial score (nSPS) is 16.9. The monoisotopic (exact) mass is 386 g/mol. The summed E-state index contributed by atoms with van der Waals surface area (Å²) < 4.78 is 0.608. The van der Waals surface area contributed by atoms with Crippen LogP contribution in [-0.4, -0.2) is 36.2 Å². The van der Waals surface area contributed by atoms with Crippen LogP contribution < -0.4 is 0 Å². The summed E-state index contributed by atoms with van der Waals surface area (Å²) in [6.07, 6.45) is 2.23. The minimum Gasteiger partial charge on any atom is -0.178 e. The Bertz CT molecular complexity index is 292. The van der Waals surface area contributed by atoms with E-state index in [1.165, 1.54) is 0 Å². The molecule has 0 radical (unpaired) electrons. The van der Waals surface area contributed by atoms with Crippen molar-refractivity contribution < 1.29 is 0 Å². The number of thiol groups is 3. The van der Waals surface area contributed by atoms with E-state index in [4.69, 9.17) is 0 Å². The predicted octanol–water partition coefficient (Wildman–Crippen LogP) is 6.12. The van der Waals surface area contributed by atoms with Crippen LogP contribution in [0.25, 0.3) is 0 Å². The van der Waals surface area contributed by atoms with Gasteiger partial charge in [-0.2, -0.15) is 61.4 Å². The molecule has 0 N–H and O–H groups in total. The van der Waals surface area contributed by atoms with Gasteiger partial charge in [0.15, 0.2) is 0 Å². The smallest absolute Gasteiger partial charge is 0.0231 e. The Kier molecular flexibility index (Phi) is 10.1. The second-order valence-electron chi connectivity index (χ2n) is 7.80. The Morgan fingerprint density at radius 3 is 1.90 bits per heavy atom. The zero-order chi connectivity index (χ0) is 16.9. The number of thioether (sulfide) groups is 2. The van der Waals surface area contributed by atoms with E-state index in [2.05, 4.69) is 110 Å². The molecule has 0 heterocycles. The van der Waals surface area contributed by atoms with Gasteiger partial charge in [-0.3, -0.25) is 0 Å². The fourth-order valence-electron chi connectivity index (χ4n) is 2.75. The molecule has 0 rings (SSSR count). The van der Waals surface area contributed by atoms with Crippen LogP contribution in [0.2, 0.25) is 0 Å². The Hall–Kier alpha value is 1.75. The lowest BCUT2D eigenvalue weighted by atomic mass is 9.99. The molecule has 0 aromatic heterocycles. The lowest BCUT2D eigenvalue weighted by molar-refractivity contribution is 0.544. The quantitative estimate of drug-likeness (QED) is 0.387. The zero-order valence-electron chi connectivity index (χ0n) is 14.6. The van der Waals surface area contributed by atoms with Gasteiger partial charge in [-0.1, -0.05) is 48.5 Å². The van der Waals surface area contributed by atoms with Crippen molar-refractivity contribution in [1.82, 2.24) is 0 Å². The van der Waals surface area contributed by atoms with E-state index in [1.54, 1.807) is 0 Å². The van der Waals surface area contributed by atoms with E-state index in [-0.39, 0.29) is 14.2 Å². The third-order valence-electron chi connectivity index (χ3n) is 2.99. The molecule has 0 spiro atoms. The highest BCUT2D eigenvalue weighted by Gasteiger charge is 2.29. The van der Waals surface area contributed by atoms with Crippen LogP contribution in [0.1, 0.15) is 61.3 Å². The standard InChI is InChI=1S/C16H34S5/c1-12(18)8-15(4,5)21-13(9-17)10-20-16(6,7)11-14(2,3)19/h12-13,17-19H,8-11H2,1-7H3. The largest absolute Gasteiger partial charge is 0.178 e.